The van der Waals surface area contributed by atoms with Crippen molar-refractivity contribution in [2.75, 3.05) is 25.0 Å². The molecule has 1 aliphatic rings. The Bertz CT molecular complexity index is 1190. The van der Waals surface area contributed by atoms with Gasteiger partial charge in [0.25, 0.3) is 5.56 Å². The van der Waals surface area contributed by atoms with Gasteiger partial charge in [-0.25, -0.2) is 0 Å². The summed E-state index contributed by atoms with van der Waals surface area (Å²) >= 11 is 5.91. The lowest BCUT2D eigenvalue weighted by atomic mass is 10.1. The highest BCUT2D eigenvalue weighted by Crippen LogP contribution is 2.21. The zero-order chi connectivity index (χ0) is 23.4. The highest BCUT2D eigenvalue weighted by molar-refractivity contribution is 7.80. The number of benzene rings is 2. The summed E-state index contributed by atoms with van der Waals surface area (Å²) in [6, 6.07) is 16.9. The van der Waals surface area contributed by atoms with Gasteiger partial charge in [-0.05, 0) is 86.2 Å². The Kier molecular flexibility index (Phi) is 7.46. The summed E-state index contributed by atoms with van der Waals surface area (Å²) in [6.07, 6.45) is 3.30. The zero-order valence-corrected chi connectivity index (χ0v) is 20.7. The molecule has 0 amide bonds. The molecule has 2 aromatic carbocycles. The Morgan fingerprint density at radius 1 is 1.18 bits per heavy atom. The molecular weight excluding hydrogens is 428 g/mol. The van der Waals surface area contributed by atoms with Crippen molar-refractivity contribution in [1.82, 2.24) is 14.8 Å². The molecule has 1 aromatic heterocycles. The molecule has 1 atom stereocenters. The number of thiocarbonyl (C=S) groups is 1. The van der Waals surface area contributed by atoms with Crippen LogP contribution in [0.3, 0.4) is 0 Å². The van der Waals surface area contributed by atoms with Gasteiger partial charge in [-0.2, -0.15) is 0 Å². The fraction of sp³-hybridized carbons (Fsp3) is 0.407. The van der Waals surface area contributed by atoms with E-state index in [0.29, 0.717) is 17.7 Å². The Labute approximate surface area is 201 Å². The summed E-state index contributed by atoms with van der Waals surface area (Å²) in [5, 5.41) is 5.19. The molecule has 5 nitrogen and oxygen atoms in total. The maximum Gasteiger partial charge on any atom is 0.253 e. The number of aromatic amines is 1. The molecule has 4 rings (SSSR count). The van der Waals surface area contributed by atoms with Crippen LogP contribution in [0.25, 0.3) is 10.9 Å². The van der Waals surface area contributed by atoms with E-state index in [4.69, 9.17) is 12.2 Å². The smallest absolute Gasteiger partial charge is 0.253 e. The predicted octanol–water partition coefficient (Wildman–Crippen LogP) is 5.08. The summed E-state index contributed by atoms with van der Waals surface area (Å²) in [5.74, 6) is 0. The third kappa shape index (κ3) is 5.45. The molecule has 0 saturated carbocycles. The van der Waals surface area contributed by atoms with E-state index in [0.717, 1.165) is 60.2 Å². The van der Waals surface area contributed by atoms with Crippen molar-refractivity contribution in [3.63, 3.8) is 0 Å². The van der Waals surface area contributed by atoms with E-state index in [1.54, 1.807) is 0 Å². The van der Waals surface area contributed by atoms with Crippen LogP contribution in [0.1, 0.15) is 43.4 Å². The van der Waals surface area contributed by atoms with Crippen LogP contribution >= 0.6 is 12.2 Å². The average Bonchev–Trinajstić information content (AvgIpc) is 3.26. The number of aromatic nitrogens is 1. The molecule has 6 heteroatoms. The zero-order valence-electron chi connectivity index (χ0n) is 19.9. The van der Waals surface area contributed by atoms with E-state index in [1.165, 1.54) is 12.0 Å². The van der Waals surface area contributed by atoms with Crippen LogP contribution in [0.4, 0.5) is 5.69 Å². The summed E-state index contributed by atoms with van der Waals surface area (Å²) in [5.41, 5.74) is 4.97. The molecule has 0 bridgehead atoms. The highest BCUT2D eigenvalue weighted by Gasteiger charge is 2.27. The number of nitrogens with zero attached hydrogens (tertiary/aromatic N) is 2. The maximum absolute atomic E-state index is 13.0. The minimum absolute atomic E-state index is 0.0476. The fourth-order valence-corrected chi connectivity index (χ4v) is 5.07. The first-order valence-electron chi connectivity index (χ1n) is 12.0. The number of rotatable bonds is 7. The molecule has 3 aromatic rings. The normalized spacial score (nSPS) is 16.3. The van der Waals surface area contributed by atoms with Crippen molar-refractivity contribution < 1.29 is 0 Å². The van der Waals surface area contributed by atoms with Crippen LogP contribution in [-0.2, 0) is 13.0 Å². The van der Waals surface area contributed by atoms with Crippen molar-refractivity contribution in [1.29, 1.82) is 0 Å². The van der Waals surface area contributed by atoms with Crippen LogP contribution in [0, 0.1) is 6.92 Å². The number of H-pyrrole nitrogens is 1. The number of likely N-dealkylation sites (tertiary alicyclic amines) is 1. The minimum atomic E-state index is -0.0476. The van der Waals surface area contributed by atoms with Gasteiger partial charge in [0.1, 0.15) is 0 Å². The fourth-order valence-electron chi connectivity index (χ4n) is 4.82. The van der Waals surface area contributed by atoms with E-state index >= 15 is 0 Å². The van der Waals surface area contributed by atoms with Crippen LogP contribution < -0.4 is 10.9 Å². The average molecular weight is 463 g/mol. The molecule has 1 aliphatic heterocycles. The second kappa shape index (κ2) is 10.5. The quantitative estimate of drug-likeness (QED) is 0.480. The van der Waals surface area contributed by atoms with Gasteiger partial charge in [-0.15, -0.1) is 0 Å². The van der Waals surface area contributed by atoms with Crippen molar-refractivity contribution >= 4 is 33.9 Å². The lowest BCUT2D eigenvalue weighted by Gasteiger charge is -2.32. The van der Waals surface area contributed by atoms with E-state index < -0.39 is 0 Å². The van der Waals surface area contributed by atoms with Gasteiger partial charge >= 0.3 is 0 Å². The molecular formula is C27H34N4OS. The van der Waals surface area contributed by atoms with Gasteiger partial charge in [0, 0.05) is 29.4 Å². The summed E-state index contributed by atoms with van der Waals surface area (Å²) in [6.45, 7) is 9.85. The van der Waals surface area contributed by atoms with Gasteiger partial charge in [0.2, 0.25) is 0 Å². The number of aryl methyl sites for hydroxylation is 2. The molecule has 0 spiro atoms. The van der Waals surface area contributed by atoms with Crippen LogP contribution in [0.5, 0.6) is 0 Å². The first-order chi connectivity index (χ1) is 16.0. The lowest BCUT2D eigenvalue weighted by Crippen LogP contribution is -2.45. The van der Waals surface area contributed by atoms with Crippen molar-refractivity contribution in [3.8, 4) is 0 Å². The molecule has 2 heterocycles. The van der Waals surface area contributed by atoms with Crippen LogP contribution in [0.2, 0.25) is 0 Å². The Balaban J connectivity index is 1.63. The first-order valence-corrected chi connectivity index (χ1v) is 12.4. The minimum Gasteiger partial charge on any atom is -0.343 e. The van der Waals surface area contributed by atoms with Gasteiger partial charge in [0.15, 0.2) is 5.11 Å². The molecule has 1 fully saturated rings. The molecule has 33 heavy (non-hydrogen) atoms. The number of anilines is 1. The van der Waals surface area contributed by atoms with E-state index in [2.05, 4.69) is 64.3 Å². The Morgan fingerprint density at radius 2 is 2.00 bits per heavy atom. The van der Waals surface area contributed by atoms with Crippen molar-refractivity contribution in [3.05, 3.63) is 75.6 Å². The van der Waals surface area contributed by atoms with Gasteiger partial charge in [-0.3, -0.25) is 9.69 Å². The van der Waals surface area contributed by atoms with Crippen molar-refractivity contribution in [2.45, 2.75) is 52.6 Å². The van der Waals surface area contributed by atoms with Crippen molar-refractivity contribution in [2.24, 2.45) is 0 Å². The number of likely N-dealkylation sites (N-methyl/N-ethyl adjacent to an activating group) is 1. The monoisotopic (exact) mass is 462 g/mol. The summed E-state index contributed by atoms with van der Waals surface area (Å²) in [4.78, 5) is 20.7. The standard InChI is InChI=1S/C27H34N4OS/c1-4-20-9-6-7-11-24(20)29-27(33)31(18-23-10-8-14-30(23)5-2)17-22-16-21-13-12-19(3)15-25(21)28-26(22)32/h6-7,9,11-13,15-16,23H,4-5,8,10,14,17-18H2,1-3H3,(H,28,32)(H,29,33)/t23-/m1/s1. The molecule has 174 valence electrons. The SMILES string of the molecule is CCc1ccccc1NC(=S)N(Cc1cc2ccc(C)cc2[nH]c1=O)C[C@H]1CCCN1CC. The highest BCUT2D eigenvalue weighted by atomic mass is 32.1. The largest absolute Gasteiger partial charge is 0.343 e. The predicted molar refractivity (Wildman–Crippen MR) is 142 cm³/mol. The van der Waals surface area contributed by atoms with E-state index in [1.807, 2.05) is 25.1 Å². The number of pyridine rings is 1. The van der Waals surface area contributed by atoms with E-state index in [9.17, 15) is 4.79 Å². The maximum atomic E-state index is 13.0. The Hall–Kier alpha value is -2.70. The van der Waals surface area contributed by atoms with Gasteiger partial charge in [0.05, 0.1) is 6.54 Å². The number of fused-ring (bicyclic) bond motifs is 1. The number of hydrogen-bond acceptors (Lipinski definition) is 3. The summed E-state index contributed by atoms with van der Waals surface area (Å²) < 4.78 is 0. The number of para-hydroxylation sites is 1. The van der Waals surface area contributed by atoms with Crippen LogP contribution in [-0.4, -0.2) is 45.6 Å². The second-order valence-corrected chi connectivity index (χ2v) is 9.35. The second-order valence-electron chi connectivity index (χ2n) is 8.96. The number of hydrogen-bond donors (Lipinski definition) is 2. The molecule has 2 N–H and O–H groups in total. The third-order valence-electron chi connectivity index (χ3n) is 6.70. The van der Waals surface area contributed by atoms with Gasteiger partial charge < -0.3 is 15.2 Å². The molecule has 0 radical (unpaired) electrons. The molecule has 1 saturated heterocycles. The van der Waals surface area contributed by atoms with Crippen LogP contribution in [0.15, 0.2) is 53.3 Å². The first kappa shape index (κ1) is 23.5. The molecule has 0 unspecified atom stereocenters. The van der Waals surface area contributed by atoms with Gasteiger partial charge in [-0.1, -0.05) is 44.2 Å². The summed E-state index contributed by atoms with van der Waals surface area (Å²) in [7, 11) is 0. The lowest BCUT2D eigenvalue weighted by molar-refractivity contribution is 0.221. The Morgan fingerprint density at radius 3 is 2.79 bits per heavy atom. The molecule has 0 aliphatic carbocycles. The third-order valence-corrected chi connectivity index (χ3v) is 7.06. The number of nitrogens with one attached hydrogen (secondary N) is 2. The van der Waals surface area contributed by atoms with E-state index in [-0.39, 0.29) is 5.56 Å². The topological polar surface area (TPSA) is 51.4 Å².